The number of ether oxygens (including phenoxy) is 1. The number of benzene rings is 2. The van der Waals surface area contributed by atoms with Gasteiger partial charge in [0.25, 0.3) is 5.91 Å². The molecule has 0 spiro atoms. The molecule has 0 bridgehead atoms. The van der Waals surface area contributed by atoms with E-state index in [-0.39, 0.29) is 17.3 Å². The fraction of sp³-hybridized carbons (Fsp3) is 0.320. The van der Waals surface area contributed by atoms with Crippen LogP contribution in [0.15, 0.2) is 53.7 Å². The van der Waals surface area contributed by atoms with E-state index >= 15 is 0 Å². The standard InChI is InChI=1S/C25H27N3O5/c1-25(2,30)11-10-15-4-8-19-21(12-15)27-24(29)18-7-5-16(13-20(18)26-19)17-6-9-22(28(31)32)23(14-17)33-3/h4,6,8-9,12-14,26,30H,5,7,10-11H2,1-3H3,(H,27,29). The Bertz CT molecular complexity index is 1190. The van der Waals surface area contributed by atoms with E-state index in [0.29, 0.717) is 42.6 Å². The SMILES string of the molecule is COc1cc(C2=CC3=C(CC2)C(=O)Nc2cc(CCC(C)(C)O)ccc2N3)ccc1[N+](=O)[O-]. The van der Waals surface area contributed by atoms with Gasteiger partial charge in [-0.1, -0.05) is 6.07 Å². The number of anilines is 2. The summed E-state index contributed by atoms with van der Waals surface area (Å²) < 4.78 is 5.20. The number of nitrogens with zero attached hydrogens (tertiary/aromatic N) is 1. The second-order valence-corrected chi connectivity index (χ2v) is 8.98. The molecule has 3 N–H and O–H groups in total. The Labute approximate surface area is 192 Å². The predicted molar refractivity (Wildman–Crippen MR) is 127 cm³/mol. The van der Waals surface area contributed by atoms with Gasteiger partial charge in [-0.25, -0.2) is 0 Å². The third-order valence-electron chi connectivity index (χ3n) is 5.94. The number of amides is 1. The summed E-state index contributed by atoms with van der Waals surface area (Å²) in [5, 5.41) is 27.6. The summed E-state index contributed by atoms with van der Waals surface area (Å²) in [5.74, 6) is 0.0566. The van der Waals surface area contributed by atoms with Gasteiger partial charge in [-0.2, -0.15) is 0 Å². The van der Waals surface area contributed by atoms with Gasteiger partial charge < -0.3 is 20.5 Å². The van der Waals surface area contributed by atoms with Crippen LogP contribution in [0.1, 0.15) is 44.2 Å². The largest absolute Gasteiger partial charge is 0.490 e. The number of allylic oxidation sites excluding steroid dienone is 2. The van der Waals surface area contributed by atoms with Gasteiger partial charge in [-0.05, 0) is 86.6 Å². The quantitative estimate of drug-likeness (QED) is 0.431. The molecule has 0 saturated carbocycles. The number of carbonyl (C=O) groups is 1. The summed E-state index contributed by atoms with van der Waals surface area (Å²) in [5.41, 5.74) is 4.86. The van der Waals surface area contributed by atoms with Crippen LogP contribution in [0.25, 0.3) is 5.57 Å². The lowest BCUT2D eigenvalue weighted by atomic mass is 9.90. The first-order valence-electron chi connectivity index (χ1n) is 10.8. The molecule has 1 aliphatic carbocycles. The molecule has 0 saturated heterocycles. The van der Waals surface area contributed by atoms with Crippen molar-refractivity contribution in [2.45, 2.75) is 45.1 Å². The molecule has 2 aliphatic rings. The van der Waals surface area contributed by atoms with Crippen molar-refractivity contribution < 1.29 is 19.6 Å². The maximum absolute atomic E-state index is 12.9. The highest BCUT2D eigenvalue weighted by molar-refractivity contribution is 6.09. The van der Waals surface area contributed by atoms with Crippen LogP contribution in [-0.2, 0) is 11.2 Å². The van der Waals surface area contributed by atoms with Gasteiger partial charge in [0.1, 0.15) is 0 Å². The summed E-state index contributed by atoms with van der Waals surface area (Å²) in [6.07, 6.45) is 4.41. The summed E-state index contributed by atoms with van der Waals surface area (Å²) in [6.45, 7) is 3.56. The molecule has 0 radical (unpaired) electrons. The zero-order valence-corrected chi connectivity index (χ0v) is 18.9. The normalized spacial score (nSPS) is 15.5. The number of rotatable bonds is 6. The number of hydrogen-bond acceptors (Lipinski definition) is 6. The van der Waals surface area contributed by atoms with Gasteiger partial charge >= 0.3 is 5.69 Å². The zero-order valence-electron chi connectivity index (χ0n) is 18.9. The first-order valence-corrected chi connectivity index (χ1v) is 10.8. The minimum Gasteiger partial charge on any atom is -0.490 e. The molecule has 0 aromatic heterocycles. The molecule has 172 valence electrons. The van der Waals surface area contributed by atoms with E-state index in [2.05, 4.69) is 10.6 Å². The number of nitrogens with one attached hydrogen (secondary N) is 2. The number of nitro groups is 1. The second kappa shape index (κ2) is 8.71. The maximum atomic E-state index is 12.9. The fourth-order valence-electron chi connectivity index (χ4n) is 4.08. The smallest absolute Gasteiger partial charge is 0.310 e. The fourth-order valence-corrected chi connectivity index (χ4v) is 4.08. The van der Waals surface area contributed by atoms with E-state index in [1.54, 1.807) is 26.0 Å². The lowest BCUT2D eigenvalue weighted by Gasteiger charge is -2.19. The number of methoxy groups -OCH3 is 1. The van der Waals surface area contributed by atoms with E-state index in [1.807, 2.05) is 24.3 Å². The summed E-state index contributed by atoms with van der Waals surface area (Å²) in [6, 6.07) is 10.7. The third-order valence-corrected chi connectivity index (χ3v) is 5.94. The van der Waals surface area contributed by atoms with Crippen LogP contribution in [0, 0.1) is 10.1 Å². The summed E-state index contributed by atoms with van der Waals surface area (Å²) in [7, 11) is 1.41. The van der Waals surface area contributed by atoms with E-state index in [1.165, 1.54) is 13.2 Å². The minimum atomic E-state index is -0.753. The van der Waals surface area contributed by atoms with Crippen LogP contribution in [-0.4, -0.2) is 28.6 Å². The van der Waals surface area contributed by atoms with Crippen molar-refractivity contribution in [1.82, 2.24) is 0 Å². The van der Waals surface area contributed by atoms with Gasteiger partial charge in [0.15, 0.2) is 5.75 Å². The Morgan fingerprint density at radius 1 is 1.12 bits per heavy atom. The van der Waals surface area contributed by atoms with Gasteiger partial charge in [-0.3, -0.25) is 14.9 Å². The van der Waals surface area contributed by atoms with Gasteiger partial charge in [0.05, 0.1) is 29.0 Å². The second-order valence-electron chi connectivity index (χ2n) is 8.98. The monoisotopic (exact) mass is 449 g/mol. The number of nitro benzene ring substituents is 1. The number of fused-ring (bicyclic) bond motifs is 1. The number of aliphatic hydroxyl groups is 1. The van der Waals surface area contributed by atoms with Gasteiger partial charge in [0, 0.05) is 17.3 Å². The van der Waals surface area contributed by atoms with Crippen LogP contribution in [0.3, 0.4) is 0 Å². The molecule has 33 heavy (non-hydrogen) atoms. The average Bonchev–Trinajstić information content (AvgIpc) is 2.91. The first kappa shape index (κ1) is 22.5. The Morgan fingerprint density at radius 3 is 2.61 bits per heavy atom. The Balaban J connectivity index is 1.63. The Morgan fingerprint density at radius 2 is 1.91 bits per heavy atom. The Kier molecular flexibility index (Phi) is 5.95. The molecule has 2 aromatic rings. The average molecular weight is 450 g/mol. The number of carbonyl (C=O) groups excluding carboxylic acids is 1. The highest BCUT2D eigenvalue weighted by atomic mass is 16.6. The molecule has 0 unspecified atom stereocenters. The highest BCUT2D eigenvalue weighted by Gasteiger charge is 2.26. The molecule has 8 nitrogen and oxygen atoms in total. The van der Waals surface area contributed by atoms with Crippen molar-refractivity contribution >= 4 is 28.5 Å². The van der Waals surface area contributed by atoms with Crippen molar-refractivity contribution in [2.75, 3.05) is 17.7 Å². The maximum Gasteiger partial charge on any atom is 0.310 e. The minimum absolute atomic E-state index is 0.0844. The van der Waals surface area contributed by atoms with Crippen molar-refractivity contribution in [3.05, 3.63) is 75.0 Å². The Hall–Kier alpha value is -3.65. The lowest BCUT2D eigenvalue weighted by Crippen LogP contribution is -2.19. The zero-order chi connectivity index (χ0) is 23.8. The van der Waals surface area contributed by atoms with E-state index < -0.39 is 10.5 Å². The van der Waals surface area contributed by atoms with Crippen molar-refractivity contribution in [3.8, 4) is 5.75 Å². The topological polar surface area (TPSA) is 114 Å². The van der Waals surface area contributed by atoms with Crippen molar-refractivity contribution in [1.29, 1.82) is 0 Å². The van der Waals surface area contributed by atoms with E-state index in [4.69, 9.17) is 4.74 Å². The van der Waals surface area contributed by atoms with E-state index in [0.717, 1.165) is 22.4 Å². The van der Waals surface area contributed by atoms with Crippen LogP contribution >= 0.6 is 0 Å². The lowest BCUT2D eigenvalue weighted by molar-refractivity contribution is -0.385. The third kappa shape index (κ3) is 4.90. The molecular formula is C25H27N3O5. The summed E-state index contributed by atoms with van der Waals surface area (Å²) in [4.78, 5) is 23.7. The molecule has 1 aliphatic heterocycles. The molecule has 0 atom stereocenters. The van der Waals surface area contributed by atoms with Gasteiger partial charge in [0.2, 0.25) is 0 Å². The van der Waals surface area contributed by atoms with Crippen LogP contribution in [0.4, 0.5) is 17.1 Å². The molecule has 1 heterocycles. The molecular weight excluding hydrogens is 422 g/mol. The van der Waals surface area contributed by atoms with Crippen LogP contribution in [0.2, 0.25) is 0 Å². The molecule has 1 amide bonds. The van der Waals surface area contributed by atoms with Gasteiger partial charge in [-0.15, -0.1) is 0 Å². The van der Waals surface area contributed by atoms with Crippen LogP contribution < -0.4 is 15.4 Å². The van der Waals surface area contributed by atoms with Crippen LogP contribution in [0.5, 0.6) is 5.75 Å². The molecule has 4 rings (SSSR count). The summed E-state index contributed by atoms with van der Waals surface area (Å²) >= 11 is 0. The highest BCUT2D eigenvalue weighted by Crippen LogP contribution is 2.38. The first-order chi connectivity index (χ1) is 15.6. The molecule has 2 aromatic carbocycles. The molecule has 8 heteroatoms. The van der Waals surface area contributed by atoms with E-state index in [9.17, 15) is 20.0 Å². The number of aryl methyl sites for hydroxylation is 1. The number of hydrogen-bond donors (Lipinski definition) is 3. The molecule has 0 fully saturated rings. The van der Waals surface area contributed by atoms with Crippen molar-refractivity contribution in [3.63, 3.8) is 0 Å². The predicted octanol–water partition coefficient (Wildman–Crippen LogP) is 4.80. The van der Waals surface area contributed by atoms with Crippen molar-refractivity contribution in [2.24, 2.45) is 0 Å².